The summed E-state index contributed by atoms with van der Waals surface area (Å²) in [6, 6.07) is 7.89. The second kappa shape index (κ2) is 11.7. The Morgan fingerprint density at radius 3 is 2.46 bits per heavy atom. The Kier molecular flexibility index (Phi) is 9.10. The topological polar surface area (TPSA) is 49.6 Å². The molecule has 0 aliphatic carbocycles. The molecule has 0 aromatic heterocycles. The quantitative estimate of drug-likeness (QED) is 0.239. The zero-order valence-corrected chi connectivity index (χ0v) is 21.8. The van der Waals surface area contributed by atoms with Crippen LogP contribution in [0.15, 0.2) is 72.5 Å². The molecule has 1 amide bonds. The molecule has 0 radical (unpaired) electrons. The third kappa shape index (κ3) is 6.94. The van der Waals surface area contributed by atoms with Gasteiger partial charge in [0, 0.05) is 42.9 Å². The minimum atomic E-state index is -4.77. The van der Waals surface area contributed by atoms with Crippen LogP contribution in [0, 0.1) is 5.82 Å². The summed E-state index contributed by atoms with van der Waals surface area (Å²) in [5, 5.41) is 0.755. The van der Waals surface area contributed by atoms with Gasteiger partial charge in [-0.25, -0.2) is 4.39 Å². The Labute approximate surface area is 223 Å². The van der Waals surface area contributed by atoms with Gasteiger partial charge >= 0.3 is 6.18 Å². The Bertz CT molecular complexity index is 1240. The van der Waals surface area contributed by atoms with Gasteiger partial charge < -0.3 is 10.6 Å². The Morgan fingerprint density at radius 2 is 1.89 bits per heavy atom. The summed E-state index contributed by atoms with van der Waals surface area (Å²) in [6.45, 7) is 6.16. The van der Waals surface area contributed by atoms with E-state index in [9.17, 15) is 22.4 Å². The SMILES string of the molecule is C=C/C=C(\C=C(\C)N)C(=O)N1C[C@H](c2ccc(Cl)c(Cl)c2)[C@@H](N(C)Cc2ccc(C(F)(F)F)c(F)c2)C1. The van der Waals surface area contributed by atoms with Crippen molar-refractivity contribution in [1.29, 1.82) is 0 Å². The maximum absolute atomic E-state index is 14.2. The number of alkyl halides is 3. The van der Waals surface area contributed by atoms with Gasteiger partial charge in [-0.15, -0.1) is 0 Å². The molecule has 198 valence electrons. The predicted molar refractivity (Wildman–Crippen MR) is 139 cm³/mol. The van der Waals surface area contributed by atoms with Crippen molar-refractivity contribution < 1.29 is 22.4 Å². The largest absolute Gasteiger partial charge is 0.419 e. The molecule has 1 saturated heterocycles. The smallest absolute Gasteiger partial charge is 0.402 e. The summed E-state index contributed by atoms with van der Waals surface area (Å²) >= 11 is 12.4. The van der Waals surface area contributed by atoms with Gasteiger partial charge in [-0.05, 0) is 61.5 Å². The van der Waals surface area contributed by atoms with Crippen molar-refractivity contribution in [3.05, 3.63) is 105 Å². The molecule has 10 heteroatoms. The highest BCUT2D eigenvalue weighted by molar-refractivity contribution is 6.42. The van der Waals surface area contributed by atoms with Crippen LogP contribution in [0.4, 0.5) is 17.6 Å². The van der Waals surface area contributed by atoms with Crippen LogP contribution in [0.5, 0.6) is 0 Å². The van der Waals surface area contributed by atoms with E-state index in [1.165, 1.54) is 12.1 Å². The van der Waals surface area contributed by atoms with Gasteiger partial charge in [-0.2, -0.15) is 13.2 Å². The Morgan fingerprint density at radius 1 is 1.19 bits per heavy atom. The zero-order chi connectivity index (χ0) is 27.5. The summed E-state index contributed by atoms with van der Waals surface area (Å²) in [5.74, 6) is -1.77. The molecule has 1 aliphatic heterocycles. The summed E-state index contributed by atoms with van der Waals surface area (Å²) in [5.41, 5.74) is 6.54. The lowest BCUT2D eigenvalue weighted by Crippen LogP contribution is -2.38. The fraction of sp³-hybridized carbons (Fsp3) is 0.296. The number of amides is 1. The van der Waals surface area contributed by atoms with Crippen molar-refractivity contribution >= 4 is 29.1 Å². The molecule has 1 aliphatic rings. The molecule has 0 bridgehead atoms. The van der Waals surface area contributed by atoms with Gasteiger partial charge in [0.1, 0.15) is 5.82 Å². The summed E-state index contributed by atoms with van der Waals surface area (Å²) in [7, 11) is 1.78. The Hall–Kier alpha value is -2.81. The van der Waals surface area contributed by atoms with Gasteiger partial charge in [0.15, 0.2) is 0 Å². The molecular formula is C27H27Cl2F4N3O. The number of benzene rings is 2. The van der Waals surface area contributed by atoms with Crippen LogP contribution in [-0.2, 0) is 17.5 Å². The van der Waals surface area contributed by atoms with Crippen LogP contribution < -0.4 is 5.73 Å². The highest BCUT2D eigenvalue weighted by Gasteiger charge is 2.39. The fourth-order valence-electron chi connectivity index (χ4n) is 4.50. The molecular weight excluding hydrogens is 529 g/mol. The molecule has 2 aromatic carbocycles. The first-order valence-corrected chi connectivity index (χ1v) is 12.1. The first kappa shape index (κ1) is 28.8. The Balaban J connectivity index is 1.93. The van der Waals surface area contributed by atoms with Crippen LogP contribution in [0.2, 0.25) is 10.0 Å². The predicted octanol–water partition coefficient (Wildman–Crippen LogP) is 6.55. The van der Waals surface area contributed by atoms with Gasteiger partial charge in [-0.1, -0.05) is 48.0 Å². The highest BCUT2D eigenvalue weighted by atomic mass is 35.5. The molecule has 0 spiro atoms. The average Bonchev–Trinajstić information content (AvgIpc) is 3.24. The minimum absolute atomic E-state index is 0.163. The first-order chi connectivity index (χ1) is 17.3. The van der Waals surface area contributed by atoms with E-state index in [1.54, 1.807) is 43.2 Å². The van der Waals surface area contributed by atoms with Gasteiger partial charge in [0.05, 0.1) is 15.6 Å². The number of likely N-dealkylation sites (N-methyl/N-ethyl adjacent to an activating group) is 1. The maximum atomic E-state index is 14.2. The van der Waals surface area contributed by atoms with Gasteiger partial charge in [0.2, 0.25) is 0 Å². The van der Waals surface area contributed by atoms with E-state index in [0.29, 0.717) is 40.0 Å². The summed E-state index contributed by atoms with van der Waals surface area (Å²) in [4.78, 5) is 16.9. The first-order valence-electron chi connectivity index (χ1n) is 11.4. The van der Waals surface area contributed by atoms with Crippen LogP contribution in [0.1, 0.15) is 29.5 Å². The van der Waals surface area contributed by atoms with E-state index in [2.05, 4.69) is 6.58 Å². The van der Waals surface area contributed by atoms with Crippen LogP contribution in [0.3, 0.4) is 0 Å². The van der Waals surface area contributed by atoms with E-state index >= 15 is 0 Å². The monoisotopic (exact) mass is 555 g/mol. The minimum Gasteiger partial charge on any atom is -0.402 e. The number of carbonyl (C=O) groups excluding carboxylic acids is 1. The summed E-state index contributed by atoms with van der Waals surface area (Å²) < 4.78 is 53.1. The van der Waals surface area contributed by atoms with Crippen LogP contribution in [0.25, 0.3) is 0 Å². The molecule has 0 saturated carbocycles. The second-order valence-electron chi connectivity index (χ2n) is 9.03. The zero-order valence-electron chi connectivity index (χ0n) is 20.3. The second-order valence-corrected chi connectivity index (χ2v) is 9.85. The molecule has 2 aromatic rings. The van der Waals surface area contributed by atoms with Crippen molar-refractivity contribution in [2.45, 2.75) is 31.6 Å². The molecule has 1 heterocycles. The van der Waals surface area contributed by atoms with E-state index in [4.69, 9.17) is 28.9 Å². The molecule has 1 fully saturated rings. The number of hydrogen-bond donors (Lipinski definition) is 1. The van der Waals surface area contributed by atoms with E-state index < -0.39 is 17.6 Å². The highest BCUT2D eigenvalue weighted by Crippen LogP contribution is 2.36. The number of nitrogens with zero attached hydrogens (tertiary/aromatic N) is 2. The van der Waals surface area contributed by atoms with Gasteiger partial charge in [0.25, 0.3) is 5.91 Å². The molecule has 0 unspecified atom stereocenters. The number of rotatable bonds is 7. The van der Waals surface area contributed by atoms with Crippen molar-refractivity contribution in [2.75, 3.05) is 20.1 Å². The van der Waals surface area contributed by atoms with Crippen molar-refractivity contribution in [3.63, 3.8) is 0 Å². The fourth-order valence-corrected chi connectivity index (χ4v) is 4.80. The average molecular weight is 556 g/mol. The maximum Gasteiger partial charge on any atom is 0.419 e. The lowest BCUT2D eigenvalue weighted by Gasteiger charge is -2.29. The van der Waals surface area contributed by atoms with Crippen molar-refractivity contribution in [3.8, 4) is 0 Å². The number of allylic oxidation sites excluding steroid dienone is 3. The van der Waals surface area contributed by atoms with Crippen molar-refractivity contribution in [2.24, 2.45) is 5.73 Å². The molecule has 2 N–H and O–H groups in total. The standard InChI is InChI=1S/C27H27Cl2F4N3O/c1-4-5-19(10-16(2)34)26(37)36-14-20(18-7-9-22(28)23(29)12-18)25(15-36)35(3)13-17-6-8-21(24(30)11-17)27(31,32)33/h4-12,20,25H,1,13-15,34H2,2-3H3/b16-10-,19-5+/t20-,25+/m1/s1. The van der Waals surface area contributed by atoms with E-state index in [0.717, 1.165) is 17.7 Å². The molecule has 3 rings (SSSR count). The normalized spacial score (nSPS) is 19.0. The third-order valence-electron chi connectivity index (χ3n) is 6.21. The summed E-state index contributed by atoms with van der Waals surface area (Å²) in [6.07, 6.45) is -0.121. The van der Waals surface area contributed by atoms with Crippen LogP contribution >= 0.6 is 23.2 Å². The molecule has 2 atom stereocenters. The molecule has 4 nitrogen and oxygen atoms in total. The van der Waals surface area contributed by atoms with Crippen LogP contribution in [-0.4, -0.2) is 41.9 Å². The van der Waals surface area contributed by atoms with Crippen molar-refractivity contribution in [1.82, 2.24) is 9.80 Å². The lowest BCUT2D eigenvalue weighted by molar-refractivity contribution is -0.140. The van der Waals surface area contributed by atoms with Gasteiger partial charge in [-0.3, -0.25) is 9.69 Å². The number of hydrogen-bond acceptors (Lipinski definition) is 3. The number of halogens is 6. The van der Waals surface area contributed by atoms with E-state index in [-0.39, 0.29) is 24.4 Å². The third-order valence-corrected chi connectivity index (χ3v) is 6.95. The lowest BCUT2D eigenvalue weighted by atomic mass is 9.93. The number of likely N-dealkylation sites (tertiary alicyclic amines) is 1. The molecule has 37 heavy (non-hydrogen) atoms. The van der Waals surface area contributed by atoms with E-state index in [1.807, 2.05) is 11.0 Å². The number of nitrogens with two attached hydrogens (primary N) is 1. The number of carbonyl (C=O) groups is 1.